The number of aryl methyl sites for hydroxylation is 1. The molecule has 26 heavy (non-hydrogen) atoms. The molecule has 2 aromatic rings. The van der Waals surface area contributed by atoms with Gasteiger partial charge >= 0.3 is 0 Å². The average molecular weight is 371 g/mol. The maximum absolute atomic E-state index is 12.2. The van der Waals surface area contributed by atoms with E-state index >= 15 is 0 Å². The number of aromatic nitrogens is 2. The topological polar surface area (TPSA) is 58.1 Å². The van der Waals surface area contributed by atoms with Gasteiger partial charge in [-0.2, -0.15) is 0 Å². The lowest BCUT2D eigenvalue weighted by molar-refractivity contribution is -0.113. The molecule has 1 aliphatic heterocycles. The lowest BCUT2D eigenvalue weighted by atomic mass is 9.92. The standard InChI is InChI=1S/C20H26N4OS/c1-14-8-15(2)11-24(10-14)18-9-20(22-13-21-18)26-12-19(25)23-17-7-5-4-6-16(17)3/h4-7,9,13-15H,8,10-12H2,1-3H3,(H,23,25)/t14-,15-/m1/s1. The van der Waals surface area contributed by atoms with Crippen molar-refractivity contribution in [2.45, 2.75) is 32.2 Å². The van der Waals surface area contributed by atoms with Crippen LogP contribution in [0.25, 0.3) is 0 Å². The molecule has 1 N–H and O–H groups in total. The predicted molar refractivity (Wildman–Crippen MR) is 108 cm³/mol. The highest BCUT2D eigenvalue weighted by Crippen LogP contribution is 2.27. The second-order valence-corrected chi connectivity index (χ2v) is 8.21. The van der Waals surface area contributed by atoms with E-state index in [4.69, 9.17) is 0 Å². The highest BCUT2D eigenvalue weighted by Gasteiger charge is 2.23. The summed E-state index contributed by atoms with van der Waals surface area (Å²) in [6, 6.07) is 9.79. The monoisotopic (exact) mass is 370 g/mol. The van der Waals surface area contributed by atoms with E-state index in [1.54, 1.807) is 6.33 Å². The van der Waals surface area contributed by atoms with E-state index in [9.17, 15) is 4.79 Å². The van der Waals surface area contributed by atoms with Crippen LogP contribution in [0.3, 0.4) is 0 Å². The zero-order chi connectivity index (χ0) is 18.5. The molecule has 2 atom stereocenters. The van der Waals surface area contributed by atoms with Crippen LogP contribution in [0.2, 0.25) is 0 Å². The van der Waals surface area contributed by atoms with Crippen LogP contribution in [0.1, 0.15) is 25.8 Å². The Morgan fingerprint density at radius 2 is 1.96 bits per heavy atom. The molecule has 6 heteroatoms. The van der Waals surface area contributed by atoms with Gasteiger partial charge in [0.25, 0.3) is 0 Å². The Bertz CT molecular complexity index is 757. The Morgan fingerprint density at radius 3 is 2.69 bits per heavy atom. The first-order valence-corrected chi connectivity index (χ1v) is 10.0. The molecule has 0 radical (unpaired) electrons. The molecule has 1 fully saturated rings. The number of nitrogens with zero attached hydrogens (tertiary/aromatic N) is 3. The largest absolute Gasteiger partial charge is 0.356 e. The highest BCUT2D eigenvalue weighted by atomic mass is 32.2. The molecule has 1 aromatic heterocycles. The first-order chi connectivity index (χ1) is 12.5. The van der Waals surface area contributed by atoms with Gasteiger partial charge in [0.05, 0.1) is 5.75 Å². The number of rotatable bonds is 5. The van der Waals surface area contributed by atoms with Crippen LogP contribution in [-0.4, -0.2) is 34.7 Å². The Hall–Kier alpha value is -2.08. The molecule has 138 valence electrons. The summed E-state index contributed by atoms with van der Waals surface area (Å²) in [6.45, 7) is 8.61. The van der Waals surface area contributed by atoms with Gasteiger partial charge in [0.15, 0.2) is 0 Å². The number of hydrogen-bond acceptors (Lipinski definition) is 5. The third-order valence-corrected chi connectivity index (χ3v) is 5.52. The van der Waals surface area contributed by atoms with Gasteiger partial charge in [-0.05, 0) is 36.8 Å². The summed E-state index contributed by atoms with van der Waals surface area (Å²) in [5, 5.41) is 3.79. The molecular formula is C20H26N4OS. The SMILES string of the molecule is Cc1ccccc1NC(=O)CSc1cc(N2C[C@H](C)C[C@@H](C)C2)ncn1. The third kappa shape index (κ3) is 4.97. The first kappa shape index (κ1) is 18.7. The number of carbonyl (C=O) groups is 1. The molecule has 1 amide bonds. The fourth-order valence-corrected chi connectivity index (χ4v) is 4.13. The van der Waals surface area contributed by atoms with Crippen molar-refractivity contribution in [3.63, 3.8) is 0 Å². The van der Waals surface area contributed by atoms with E-state index < -0.39 is 0 Å². The first-order valence-electron chi connectivity index (χ1n) is 9.06. The van der Waals surface area contributed by atoms with Crippen LogP contribution in [0, 0.1) is 18.8 Å². The van der Waals surface area contributed by atoms with Crippen LogP contribution in [-0.2, 0) is 4.79 Å². The Morgan fingerprint density at radius 1 is 1.23 bits per heavy atom. The van der Waals surface area contributed by atoms with Crippen LogP contribution < -0.4 is 10.2 Å². The Labute approximate surface area is 159 Å². The van der Waals surface area contributed by atoms with Crippen LogP contribution in [0.5, 0.6) is 0 Å². The number of piperidine rings is 1. The smallest absolute Gasteiger partial charge is 0.234 e. The van der Waals surface area contributed by atoms with Crippen molar-refractivity contribution in [1.29, 1.82) is 0 Å². The Kier molecular flexibility index (Phi) is 6.14. The summed E-state index contributed by atoms with van der Waals surface area (Å²) in [5.74, 6) is 2.61. The minimum atomic E-state index is -0.0234. The maximum atomic E-state index is 12.2. The molecule has 5 nitrogen and oxygen atoms in total. The molecule has 3 rings (SSSR count). The second kappa shape index (κ2) is 8.54. The van der Waals surface area contributed by atoms with Gasteiger partial charge in [-0.1, -0.05) is 43.8 Å². The van der Waals surface area contributed by atoms with Gasteiger partial charge < -0.3 is 10.2 Å². The van der Waals surface area contributed by atoms with Gasteiger partial charge in [-0.3, -0.25) is 4.79 Å². The van der Waals surface area contributed by atoms with E-state index in [-0.39, 0.29) is 5.91 Å². The number of hydrogen-bond donors (Lipinski definition) is 1. The average Bonchev–Trinajstić information content (AvgIpc) is 2.61. The van der Waals surface area contributed by atoms with Gasteiger partial charge in [0, 0.05) is 24.8 Å². The zero-order valence-electron chi connectivity index (χ0n) is 15.6. The van der Waals surface area contributed by atoms with Crippen molar-refractivity contribution in [3.05, 3.63) is 42.2 Å². The van der Waals surface area contributed by atoms with E-state index in [2.05, 4.69) is 34.0 Å². The number of benzene rings is 1. The summed E-state index contributed by atoms with van der Waals surface area (Å²) in [6.07, 6.45) is 2.86. The zero-order valence-corrected chi connectivity index (χ0v) is 16.4. The minimum absolute atomic E-state index is 0.0234. The molecule has 0 aliphatic carbocycles. The number of amides is 1. The molecule has 0 bridgehead atoms. The van der Waals surface area contributed by atoms with Crippen LogP contribution >= 0.6 is 11.8 Å². The quantitative estimate of drug-likeness (QED) is 0.637. The van der Waals surface area contributed by atoms with Crippen molar-refractivity contribution in [2.24, 2.45) is 11.8 Å². The number of thioether (sulfide) groups is 1. The van der Waals surface area contributed by atoms with Crippen LogP contribution in [0.4, 0.5) is 11.5 Å². The van der Waals surface area contributed by atoms with E-state index in [0.717, 1.165) is 35.2 Å². The van der Waals surface area contributed by atoms with E-state index in [0.29, 0.717) is 17.6 Å². The van der Waals surface area contributed by atoms with Crippen LogP contribution in [0.15, 0.2) is 41.7 Å². The van der Waals surface area contributed by atoms with Gasteiger partial charge in [-0.25, -0.2) is 9.97 Å². The van der Waals surface area contributed by atoms with E-state index in [1.165, 1.54) is 18.2 Å². The number of carbonyl (C=O) groups excluding carboxylic acids is 1. The second-order valence-electron chi connectivity index (χ2n) is 7.22. The number of anilines is 2. The molecule has 0 spiro atoms. The number of nitrogens with one attached hydrogen (secondary N) is 1. The summed E-state index contributed by atoms with van der Waals surface area (Å²) >= 11 is 1.44. The molecule has 1 aliphatic rings. The van der Waals surface area contributed by atoms with E-state index in [1.807, 2.05) is 37.3 Å². The lowest BCUT2D eigenvalue weighted by Gasteiger charge is -2.35. The normalized spacial score (nSPS) is 20.0. The molecule has 1 aromatic carbocycles. The van der Waals surface area contributed by atoms with Crippen molar-refractivity contribution in [1.82, 2.24) is 9.97 Å². The molecule has 2 heterocycles. The summed E-state index contributed by atoms with van der Waals surface area (Å²) < 4.78 is 0. The lowest BCUT2D eigenvalue weighted by Crippen LogP contribution is -2.39. The predicted octanol–water partition coefficient (Wildman–Crippen LogP) is 4.00. The highest BCUT2D eigenvalue weighted by molar-refractivity contribution is 7.99. The maximum Gasteiger partial charge on any atom is 0.234 e. The van der Waals surface area contributed by atoms with Gasteiger partial charge in [0.2, 0.25) is 5.91 Å². The summed E-state index contributed by atoms with van der Waals surface area (Å²) in [5.41, 5.74) is 1.92. The molecular weight excluding hydrogens is 344 g/mol. The van der Waals surface area contributed by atoms with Crippen molar-refractivity contribution in [3.8, 4) is 0 Å². The third-order valence-electron chi connectivity index (χ3n) is 4.59. The molecule has 0 saturated carbocycles. The molecule has 0 unspecified atom stereocenters. The van der Waals surface area contributed by atoms with Crippen molar-refractivity contribution >= 4 is 29.2 Å². The fraction of sp³-hybridized carbons (Fsp3) is 0.450. The summed E-state index contributed by atoms with van der Waals surface area (Å²) in [4.78, 5) is 23.3. The van der Waals surface area contributed by atoms with Crippen molar-refractivity contribution in [2.75, 3.05) is 29.1 Å². The summed E-state index contributed by atoms with van der Waals surface area (Å²) in [7, 11) is 0. The van der Waals surface area contributed by atoms with Gasteiger partial charge in [0.1, 0.15) is 17.2 Å². The fourth-order valence-electron chi connectivity index (χ4n) is 3.47. The number of para-hydroxylation sites is 1. The van der Waals surface area contributed by atoms with Crippen molar-refractivity contribution < 1.29 is 4.79 Å². The minimum Gasteiger partial charge on any atom is -0.356 e. The Balaban J connectivity index is 1.58. The molecule has 1 saturated heterocycles. The van der Waals surface area contributed by atoms with Gasteiger partial charge in [-0.15, -0.1) is 0 Å².